The van der Waals surface area contributed by atoms with Gasteiger partial charge in [-0.3, -0.25) is 4.79 Å². The monoisotopic (exact) mass is 338 g/mol. The average molecular weight is 338 g/mol. The van der Waals surface area contributed by atoms with Gasteiger partial charge in [0.25, 0.3) is 5.91 Å². The van der Waals surface area contributed by atoms with Gasteiger partial charge in [-0.1, -0.05) is 31.4 Å². The number of hydrogen-bond donors (Lipinski definition) is 1. The second-order valence-corrected chi connectivity index (χ2v) is 6.67. The molecule has 2 N–H and O–H groups in total. The smallest absolute Gasteiger partial charge is 0.267 e. The molecule has 0 radical (unpaired) electrons. The van der Waals surface area contributed by atoms with E-state index in [1.807, 2.05) is 12.1 Å². The molecule has 1 aliphatic heterocycles. The Morgan fingerprint density at radius 3 is 2.60 bits per heavy atom. The van der Waals surface area contributed by atoms with Gasteiger partial charge < -0.3 is 15.4 Å². The molecule has 2 aromatic rings. The summed E-state index contributed by atoms with van der Waals surface area (Å²) in [5.41, 5.74) is 8.35. The van der Waals surface area contributed by atoms with E-state index in [2.05, 4.69) is 22.1 Å². The van der Waals surface area contributed by atoms with Crippen molar-refractivity contribution in [1.29, 1.82) is 0 Å². The van der Waals surface area contributed by atoms with E-state index in [1.165, 1.54) is 44.0 Å². The maximum atomic E-state index is 12.9. The zero-order valence-electron chi connectivity index (χ0n) is 14.1. The summed E-state index contributed by atoms with van der Waals surface area (Å²) in [6.07, 6.45) is 7.80. The fraction of sp³-hybridized carbons (Fsp3) is 0.421. The molecule has 25 heavy (non-hydrogen) atoms. The van der Waals surface area contributed by atoms with E-state index in [0.29, 0.717) is 19.1 Å². The third-order valence-electron chi connectivity index (χ3n) is 5.14. The zero-order valence-corrected chi connectivity index (χ0v) is 14.1. The quantitative estimate of drug-likeness (QED) is 0.910. The number of aromatic nitrogens is 2. The Kier molecular flexibility index (Phi) is 4.26. The molecule has 1 amide bonds. The molecule has 1 aliphatic carbocycles. The van der Waals surface area contributed by atoms with Crippen LogP contribution < -0.4 is 15.4 Å². The number of nitrogens with two attached hydrogens (primary N) is 1. The lowest BCUT2D eigenvalue weighted by molar-refractivity contribution is 0.0990. The molecule has 2 heterocycles. The number of carbonyl (C=O) groups excluding carboxylic acids is 1. The van der Waals surface area contributed by atoms with Gasteiger partial charge in [0.15, 0.2) is 0 Å². The zero-order chi connectivity index (χ0) is 17.2. The highest BCUT2D eigenvalue weighted by Crippen LogP contribution is 2.34. The molecule has 6 heteroatoms. The Hall–Kier alpha value is -2.63. The number of benzene rings is 1. The third-order valence-corrected chi connectivity index (χ3v) is 5.14. The normalized spacial score (nSPS) is 18.4. The highest BCUT2D eigenvalue weighted by atomic mass is 16.5. The molecule has 0 saturated heterocycles. The molecule has 1 aromatic carbocycles. The molecule has 0 bridgehead atoms. The summed E-state index contributed by atoms with van der Waals surface area (Å²) < 4.78 is 5.58. The summed E-state index contributed by atoms with van der Waals surface area (Å²) in [6, 6.07) is 8.34. The largest absolute Gasteiger partial charge is 0.475 e. The number of fused-ring (bicyclic) bond motifs is 1. The van der Waals surface area contributed by atoms with Crippen molar-refractivity contribution in [2.75, 3.05) is 23.8 Å². The first-order valence-corrected chi connectivity index (χ1v) is 8.89. The van der Waals surface area contributed by atoms with Crippen molar-refractivity contribution in [1.82, 2.24) is 9.97 Å². The van der Waals surface area contributed by atoms with Crippen LogP contribution in [0.5, 0.6) is 5.88 Å². The van der Waals surface area contributed by atoms with Gasteiger partial charge in [0, 0.05) is 5.69 Å². The molecule has 6 nitrogen and oxygen atoms in total. The van der Waals surface area contributed by atoms with Crippen LogP contribution in [0.4, 0.5) is 11.5 Å². The average Bonchev–Trinajstić information content (AvgIpc) is 2.82. The topological polar surface area (TPSA) is 81.3 Å². The molecule has 1 fully saturated rings. The van der Waals surface area contributed by atoms with Gasteiger partial charge in [-0.25, -0.2) is 9.97 Å². The number of amides is 1. The summed E-state index contributed by atoms with van der Waals surface area (Å²) >= 11 is 0. The predicted molar refractivity (Wildman–Crippen MR) is 95.9 cm³/mol. The highest BCUT2D eigenvalue weighted by molar-refractivity contribution is 6.10. The molecule has 0 spiro atoms. The van der Waals surface area contributed by atoms with Crippen LogP contribution in [0.1, 0.15) is 53.9 Å². The van der Waals surface area contributed by atoms with Crippen molar-refractivity contribution in [3.05, 3.63) is 41.7 Å². The van der Waals surface area contributed by atoms with E-state index in [-0.39, 0.29) is 23.2 Å². The lowest BCUT2D eigenvalue weighted by atomic mass is 9.84. The summed E-state index contributed by atoms with van der Waals surface area (Å²) in [4.78, 5) is 22.6. The fourth-order valence-electron chi connectivity index (χ4n) is 3.77. The third kappa shape index (κ3) is 3.04. The highest BCUT2D eigenvalue weighted by Gasteiger charge is 2.28. The van der Waals surface area contributed by atoms with Crippen molar-refractivity contribution < 1.29 is 9.53 Å². The second-order valence-electron chi connectivity index (χ2n) is 6.67. The van der Waals surface area contributed by atoms with Gasteiger partial charge in [-0.15, -0.1) is 0 Å². The van der Waals surface area contributed by atoms with Gasteiger partial charge in [0.05, 0.1) is 6.54 Å². The Morgan fingerprint density at radius 1 is 1.08 bits per heavy atom. The standard InChI is InChI=1S/C19H22N4O2/c20-17-16-18(22-12-21-17)25-11-10-23(19(16)24)15-8-6-14(7-9-15)13-4-2-1-3-5-13/h6-9,12-13H,1-5,10-11H2,(H2,20,21,22). The van der Waals surface area contributed by atoms with Crippen LogP contribution in [-0.2, 0) is 0 Å². The number of rotatable bonds is 2. The van der Waals surface area contributed by atoms with E-state index < -0.39 is 0 Å². The van der Waals surface area contributed by atoms with E-state index in [1.54, 1.807) is 4.90 Å². The second kappa shape index (κ2) is 6.70. The number of nitrogen functional groups attached to an aromatic ring is 1. The van der Waals surface area contributed by atoms with E-state index in [4.69, 9.17) is 10.5 Å². The lowest BCUT2D eigenvalue weighted by Crippen LogP contribution is -2.32. The number of ether oxygens (including phenoxy) is 1. The molecule has 4 rings (SSSR count). The summed E-state index contributed by atoms with van der Waals surface area (Å²) in [5, 5.41) is 0. The Labute approximate surface area is 147 Å². The molecular weight excluding hydrogens is 316 g/mol. The van der Waals surface area contributed by atoms with Crippen molar-refractivity contribution in [2.24, 2.45) is 0 Å². The molecular formula is C19H22N4O2. The molecule has 2 aliphatic rings. The van der Waals surface area contributed by atoms with Crippen LogP contribution in [-0.4, -0.2) is 29.0 Å². The molecule has 1 saturated carbocycles. The van der Waals surface area contributed by atoms with E-state index >= 15 is 0 Å². The predicted octanol–water partition coefficient (Wildman–Crippen LogP) is 3.15. The van der Waals surface area contributed by atoms with Gasteiger partial charge in [-0.05, 0) is 36.5 Å². The minimum atomic E-state index is -0.212. The van der Waals surface area contributed by atoms with E-state index in [0.717, 1.165) is 5.69 Å². The molecule has 130 valence electrons. The van der Waals surface area contributed by atoms with Gasteiger partial charge in [0.1, 0.15) is 24.3 Å². The number of nitrogens with zero attached hydrogens (tertiary/aromatic N) is 3. The maximum Gasteiger partial charge on any atom is 0.267 e. The van der Waals surface area contributed by atoms with Gasteiger partial charge >= 0.3 is 0 Å². The first-order chi connectivity index (χ1) is 12.2. The summed E-state index contributed by atoms with van der Waals surface area (Å²) in [6.45, 7) is 0.830. The lowest BCUT2D eigenvalue weighted by Gasteiger charge is -2.24. The van der Waals surface area contributed by atoms with Gasteiger partial charge in [0.2, 0.25) is 5.88 Å². The Morgan fingerprint density at radius 2 is 1.84 bits per heavy atom. The molecule has 0 unspecified atom stereocenters. The maximum absolute atomic E-state index is 12.9. The van der Waals surface area contributed by atoms with Crippen LogP contribution in [0.3, 0.4) is 0 Å². The molecule has 0 atom stereocenters. The van der Waals surface area contributed by atoms with Crippen LogP contribution in [0.25, 0.3) is 0 Å². The first-order valence-electron chi connectivity index (χ1n) is 8.89. The number of carbonyl (C=O) groups is 1. The van der Waals surface area contributed by atoms with Crippen LogP contribution in [0.2, 0.25) is 0 Å². The fourth-order valence-corrected chi connectivity index (χ4v) is 3.77. The van der Waals surface area contributed by atoms with E-state index in [9.17, 15) is 4.79 Å². The van der Waals surface area contributed by atoms with Crippen molar-refractivity contribution in [3.63, 3.8) is 0 Å². The minimum absolute atomic E-state index is 0.153. The number of anilines is 2. The number of hydrogen-bond acceptors (Lipinski definition) is 5. The van der Waals surface area contributed by atoms with Crippen molar-refractivity contribution in [3.8, 4) is 5.88 Å². The first kappa shape index (κ1) is 15.9. The van der Waals surface area contributed by atoms with Crippen molar-refractivity contribution >= 4 is 17.4 Å². The van der Waals surface area contributed by atoms with Gasteiger partial charge in [-0.2, -0.15) is 0 Å². The minimum Gasteiger partial charge on any atom is -0.475 e. The van der Waals surface area contributed by atoms with Crippen LogP contribution in [0, 0.1) is 0 Å². The summed E-state index contributed by atoms with van der Waals surface area (Å²) in [5.74, 6) is 0.853. The SMILES string of the molecule is Nc1ncnc2c1C(=O)N(c1ccc(C3CCCCC3)cc1)CCO2. The Balaban J connectivity index is 1.61. The molecule has 1 aromatic heterocycles. The summed E-state index contributed by atoms with van der Waals surface area (Å²) in [7, 11) is 0. The Bertz CT molecular complexity index is 769. The van der Waals surface area contributed by atoms with Crippen LogP contribution in [0.15, 0.2) is 30.6 Å². The van der Waals surface area contributed by atoms with Crippen LogP contribution >= 0.6 is 0 Å². The van der Waals surface area contributed by atoms with Crippen molar-refractivity contribution in [2.45, 2.75) is 38.0 Å².